The lowest BCUT2D eigenvalue weighted by Gasteiger charge is -2.35. The number of ketones is 1. The number of Topliss-reactive ketones (excluding diaryl/α,β-unsaturated/α-hetero) is 1. The molecular formula is C26H36N2O4S. The van der Waals surface area contributed by atoms with Crippen molar-refractivity contribution in [3.8, 4) is 0 Å². The lowest BCUT2D eigenvalue weighted by atomic mass is 9.86. The Hall–Kier alpha value is -2.25. The maximum Gasteiger partial charge on any atom is 0.410 e. The summed E-state index contributed by atoms with van der Waals surface area (Å²) in [5.74, 6) is -0.194. The fourth-order valence-corrected chi connectivity index (χ4v) is 5.31. The molecule has 1 saturated heterocycles. The van der Waals surface area contributed by atoms with Crippen molar-refractivity contribution >= 4 is 23.2 Å². The highest BCUT2D eigenvalue weighted by atomic mass is 32.1. The molecule has 0 unspecified atom stereocenters. The lowest BCUT2D eigenvalue weighted by molar-refractivity contribution is -0.129. The van der Waals surface area contributed by atoms with Gasteiger partial charge in [0.15, 0.2) is 0 Å². The monoisotopic (exact) mass is 472 g/mol. The summed E-state index contributed by atoms with van der Waals surface area (Å²) in [4.78, 5) is 32.5. The highest BCUT2D eigenvalue weighted by Gasteiger charge is 2.41. The van der Waals surface area contributed by atoms with E-state index < -0.39 is 5.60 Å². The van der Waals surface area contributed by atoms with Gasteiger partial charge in [-0.05, 0) is 45.6 Å². The Balaban J connectivity index is 1.72. The van der Waals surface area contributed by atoms with Crippen molar-refractivity contribution in [1.82, 2.24) is 9.88 Å². The first kappa shape index (κ1) is 25.4. The Morgan fingerprint density at radius 1 is 1.24 bits per heavy atom. The first-order valence-corrected chi connectivity index (χ1v) is 12.6. The third-order valence-corrected chi connectivity index (χ3v) is 7.09. The van der Waals surface area contributed by atoms with Gasteiger partial charge in [0.1, 0.15) is 11.4 Å². The van der Waals surface area contributed by atoms with Crippen LogP contribution in [0, 0.1) is 5.92 Å². The second-order valence-corrected chi connectivity index (χ2v) is 10.7. The number of hydrogen-bond donors (Lipinski definition) is 0. The summed E-state index contributed by atoms with van der Waals surface area (Å²) in [7, 11) is 1.63. The van der Waals surface area contributed by atoms with E-state index >= 15 is 0 Å². The molecule has 0 aliphatic carbocycles. The molecule has 0 bridgehead atoms. The quantitative estimate of drug-likeness (QED) is 0.483. The van der Waals surface area contributed by atoms with Crippen LogP contribution in [0.1, 0.15) is 63.4 Å². The van der Waals surface area contributed by atoms with Crippen LogP contribution in [0.5, 0.6) is 0 Å². The fourth-order valence-electron chi connectivity index (χ4n) is 4.57. The van der Waals surface area contributed by atoms with Gasteiger partial charge in [-0.25, -0.2) is 9.78 Å². The van der Waals surface area contributed by atoms with Crippen LogP contribution in [0.3, 0.4) is 0 Å². The van der Waals surface area contributed by atoms with Crippen LogP contribution in [0.2, 0.25) is 0 Å². The van der Waals surface area contributed by atoms with Crippen LogP contribution >= 0.6 is 11.3 Å². The fraction of sp³-hybridized carbons (Fsp3) is 0.577. The van der Waals surface area contributed by atoms with E-state index in [9.17, 15) is 9.59 Å². The first-order chi connectivity index (χ1) is 15.7. The van der Waals surface area contributed by atoms with Gasteiger partial charge in [-0.1, -0.05) is 37.3 Å². The molecule has 1 fully saturated rings. The van der Waals surface area contributed by atoms with Crippen LogP contribution in [-0.4, -0.2) is 53.2 Å². The molecule has 0 radical (unpaired) electrons. The Morgan fingerprint density at radius 2 is 1.97 bits per heavy atom. The van der Waals surface area contributed by atoms with Crippen molar-refractivity contribution < 1.29 is 19.1 Å². The third-order valence-electron chi connectivity index (χ3n) is 6.15. The minimum Gasteiger partial charge on any atom is -0.444 e. The molecule has 3 rings (SSSR count). The number of benzene rings is 1. The predicted octanol–water partition coefficient (Wildman–Crippen LogP) is 5.48. The number of nitrogens with zero attached hydrogens (tertiary/aromatic N) is 2. The normalized spacial score (nSPS) is 19.2. The van der Waals surface area contributed by atoms with Crippen molar-refractivity contribution in [2.75, 3.05) is 13.7 Å². The molecule has 4 atom stereocenters. The summed E-state index contributed by atoms with van der Waals surface area (Å²) in [5, 5.41) is 2.93. The Kier molecular flexibility index (Phi) is 8.65. The Bertz CT molecular complexity index is 895. The SMILES string of the molecule is CO[C@H]([C@@H](C)C(=O)C[C@@H](Cc1ccccc1)c1nccs1)[C@@H]1CCCN1C(=O)OC(C)(C)C. The highest BCUT2D eigenvalue weighted by molar-refractivity contribution is 7.09. The molecule has 6 nitrogen and oxygen atoms in total. The van der Waals surface area contributed by atoms with Crippen molar-refractivity contribution in [3.05, 3.63) is 52.5 Å². The largest absolute Gasteiger partial charge is 0.444 e. The van der Waals surface area contributed by atoms with Gasteiger partial charge in [0.2, 0.25) is 0 Å². The number of amides is 1. The number of thiazole rings is 1. The molecule has 1 aliphatic rings. The zero-order valence-corrected chi connectivity index (χ0v) is 21.1. The highest BCUT2D eigenvalue weighted by Crippen LogP contribution is 2.32. The number of carbonyl (C=O) groups is 2. The van der Waals surface area contributed by atoms with Crippen LogP contribution in [0.25, 0.3) is 0 Å². The molecule has 0 spiro atoms. The topological polar surface area (TPSA) is 68.7 Å². The summed E-state index contributed by atoms with van der Waals surface area (Å²) < 4.78 is 11.4. The second-order valence-electron chi connectivity index (χ2n) is 9.80. The summed E-state index contributed by atoms with van der Waals surface area (Å²) in [6, 6.07) is 10.0. The van der Waals surface area contributed by atoms with Gasteiger partial charge in [-0.2, -0.15) is 0 Å². The number of methoxy groups -OCH3 is 1. The van der Waals surface area contributed by atoms with Gasteiger partial charge >= 0.3 is 6.09 Å². The molecule has 2 aromatic rings. The molecule has 7 heteroatoms. The summed E-state index contributed by atoms with van der Waals surface area (Å²) in [6.45, 7) is 8.13. The third kappa shape index (κ3) is 6.87. The maximum absolute atomic E-state index is 13.5. The van der Waals surface area contributed by atoms with Gasteiger partial charge in [0, 0.05) is 43.5 Å². The lowest BCUT2D eigenvalue weighted by Crippen LogP contribution is -2.49. The number of likely N-dealkylation sites (tertiary alicyclic amines) is 1. The molecule has 1 aromatic carbocycles. The minimum atomic E-state index is -0.563. The molecular weight excluding hydrogens is 436 g/mol. The molecule has 1 aliphatic heterocycles. The van der Waals surface area contributed by atoms with E-state index in [1.165, 1.54) is 5.56 Å². The van der Waals surface area contributed by atoms with Crippen LogP contribution in [0.4, 0.5) is 4.79 Å². The van der Waals surface area contributed by atoms with Gasteiger partial charge in [0.25, 0.3) is 0 Å². The van der Waals surface area contributed by atoms with E-state index in [1.807, 2.05) is 51.3 Å². The Morgan fingerprint density at radius 3 is 2.58 bits per heavy atom. The maximum atomic E-state index is 13.5. The van der Waals surface area contributed by atoms with E-state index in [-0.39, 0.29) is 35.9 Å². The summed E-state index contributed by atoms with van der Waals surface area (Å²) >= 11 is 1.59. The second kappa shape index (κ2) is 11.3. The smallest absolute Gasteiger partial charge is 0.410 e. The molecule has 2 heterocycles. The zero-order valence-electron chi connectivity index (χ0n) is 20.3. The first-order valence-electron chi connectivity index (χ1n) is 11.7. The minimum absolute atomic E-state index is 0.0189. The van der Waals surface area contributed by atoms with Crippen molar-refractivity contribution in [3.63, 3.8) is 0 Å². The van der Waals surface area contributed by atoms with E-state index in [0.717, 1.165) is 24.3 Å². The molecule has 1 amide bonds. The number of ether oxygens (including phenoxy) is 2. The van der Waals surface area contributed by atoms with Crippen molar-refractivity contribution in [2.24, 2.45) is 5.92 Å². The van der Waals surface area contributed by atoms with Gasteiger partial charge in [0.05, 0.1) is 17.2 Å². The molecule has 0 saturated carbocycles. The van der Waals surface area contributed by atoms with Crippen LogP contribution in [-0.2, 0) is 20.7 Å². The van der Waals surface area contributed by atoms with Crippen LogP contribution < -0.4 is 0 Å². The van der Waals surface area contributed by atoms with Gasteiger partial charge in [-0.3, -0.25) is 4.79 Å². The average molecular weight is 473 g/mol. The van der Waals surface area contributed by atoms with Crippen molar-refractivity contribution in [2.45, 2.75) is 77.0 Å². The molecule has 180 valence electrons. The Labute approximate surface area is 201 Å². The summed E-state index contributed by atoms with van der Waals surface area (Å²) in [5.41, 5.74) is 0.625. The number of hydrogen-bond acceptors (Lipinski definition) is 6. The van der Waals surface area contributed by atoms with Crippen molar-refractivity contribution in [1.29, 1.82) is 0 Å². The predicted molar refractivity (Wildman–Crippen MR) is 131 cm³/mol. The molecule has 0 N–H and O–H groups in total. The number of aromatic nitrogens is 1. The number of rotatable bonds is 9. The van der Waals surface area contributed by atoms with E-state index in [0.29, 0.717) is 13.0 Å². The van der Waals surface area contributed by atoms with Gasteiger partial charge in [-0.15, -0.1) is 11.3 Å². The number of carbonyl (C=O) groups excluding carboxylic acids is 2. The van der Waals surface area contributed by atoms with E-state index in [1.54, 1.807) is 29.5 Å². The van der Waals surface area contributed by atoms with Gasteiger partial charge < -0.3 is 14.4 Å². The van der Waals surface area contributed by atoms with Crippen LogP contribution in [0.15, 0.2) is 41.9 Å². The standard InChI is InChI=1S/C26H36N2O4S/c1-18(23(31-5)21-12-9-14-28(21)25(30)32-26(2,3)4)22(29)17-20(24-27-13-15-33-24)16-19-10-7-6-8-11-19/h6-8,10-11,13,15,18,20-21,23H,9,12,14,16-17H2,1-5H3/t18-,20+,21-,23+/m0/s1. The van der Waals surface area contributed by atoms with E-state index in [2.05, 4.69) is 17.1 Å². The zero-order chi connectivity index (χ0) is 24.0. The molecule has 1 aromatic heterocycles. The average Bonchev–Trinajstić information content (AvgIpc) is 3.46. The van der Waals surface area contributed by atoms with E-state index in [4.69, 9.17) is 9.47 Å². The summed E-state index contributed by atoms with van der Waals surface area (Å²) in [6.07, 6.45) is 3.91. The molecule has 33 heavy (non-hydrogen) atoms.